The van der Waals surface area contributed by atoms with Crippen LogP contribution in [-0.4, -0.2) is 48.0 Å². The Hall–Kier alpha value is -2.19. The van der Waals surface area contributed by atoms with E-state index in [0.717, 1.165) is 18.7 Å². The van der Waals surface area contributed by atoms with Crippen LogP contribution in [0.5, 0.6) is 0 Å². The summed E-state index contributed by atoms with van der Waals surface area (Å²) in [7, 11) is -3.47. The van der Waals surface area contributed by atoms with Gasteiger partial charge in [-0.2, -0.15) is 9.40 Å². The molecule has 1 aromatic carbocycles. The first-order valence-corrected chi connectivity index (χ1v) is 10.7. The van der Waals surface area contributed by atoms with Gasteiger partial charge >= 0.3 is 0 Å². The van der Waals surface area contributed by atoms with Crippen molar-refractivity contribution in [2.24, 2.45) is 5.92 Å². The first-order valence-electron chi connectivity index (χ1n) is 9.30. The number of aryl methyl sites for hydroxylation is 2. The van der Waals surface area contributed by atoms with Gasteiger partial charge in [0.2, 0.25) is 15.9 Å². The van der Waals surface area contributed by atoms with Crippen LogP contribution in [-0.2, 0) is 21.4 Å². The van der Waals surface area contributed by atoms with Gasteiger partial charge in [-0.15, -0.1) is 0 Å². The Morgan fingerprint density at radius 2 is 1.89 bits per heavy atom. The van der Waals surface area contributed by atoms with Gasteiger partial charge in [0.25, 0.3) is 0 Å². The molecule has 0 atom stereocenters. The summed E-state index contributed by atoms with van der Waals surface area (Å²) >= 11 is 0. The van der Waals surface area contributed by atoms with E-state index in [9.17, 15) is 13.2 Å². The second kappa shape index (κ2) is 8.67. The molecule has 1 fully saturated rings. The summed E-state index contributed by atoms with van der Waals surface area (Å²) in [5, 5.41) is 7.28. The summed E-state index contributed by atoms with van der Waals surface area (Å²) in [6.45, 7) is 4.06. The molecule has 2 aromatic rings. The minimum absolute atomic E-state index is 0.0170. The van der Waals surface area contributed by atoms with E-state index in [1.54, 1.807) is 30.3 Å². The molecule has 0 saturated carbocycles. The van der Waals surface area contributed by atoms with Gasteiger partial charge < -0.3 is 5.32 Å². The molecule has 3 rings (SSSR count). The van der Waals surface area contributed by atoms with E-state index in [0.29, 0.717) is 37.4 Å². The average Bonchev–Trinajstić information content (AvgIpc) is 3.11. The number of amides is 1. The summed E-state index contributed by atoms with van der Waals surface area (Å²) < 4.78 is 28.6. The van der Waals surface area contributed by atoms with E-state index >= 15 is 0 Å². The van der Waals surface area contributed by atoms with E-state index in [2.05, 4.69) is 10.4 Å². The third kappa shape index (κ3) is 4.95. The lowest BCUT2D eigenvalue weighted by atomic mass is 9.97. The Kier molecular flexibility index (Phi) is 6.28. The van der Waals surface area contributed by atoms with Crippen molar-refractivity contribution in [2.75, 3.05) is 19.6 Å². The number of hydrogen-bond donors (Lipinski definition) is 1. The highest BCUT2D eigenvalue weighted by Gasteiger charge is 2.31. The van der Waals surface area contributed by atoms with Crippen LogP contribution in [0.2, 0.25) is 0 Å². The minimum atomic E-state index is -3.47. The standard InChI is InChI=1S/C19H26N4O3S/c1-16-8-13-22(21-16)12-5-11-20-19(24)17-9-14-23(15-10-17)27(25,26)18-6-3-2-4-7-18/h2-4,6-8,13,17H,5,9-12,14-15H2,1H3,(H,20,24). The highest BCUT2D eigenvalue weighted by atomic mass is 32.2. The highest BCUT2D eigenvalue weighted by Crippen LogP contribution is 2.23. The summed E-state index contributed by atoms with van der Waals surface area (Å²) in [6, 6.07) is 10.4. The monoisotopic (exact) mass is 390 g/mol. The number of sulfonamides is 1. The number of benzene rings is 1. The van der Waals surface area contributed by atoms with Crippen molar-refractivity contribution in [3.8, 4) is 0 Å². The molecule has 0 unspecified atom stereocenters. The molecule has 0 spiro atoms. The molecule has 1 amide bonds. The molecular formula is C19H26N4O3S. The van der Waals surface area contributed by atoms with Crippen LogP contribution < -0.4 is 5.32 Å². The van der Waals surface area contributed by atoms with Gasteiger partial charge in [-0.3, -0.25) is 9.48 Å². The minimum Gasteiger partial charge on any atom is -0.356 e. The predicted molar refractivity (Wildman–Crippen MR) is 103 cm³/mol. The number of nitrogens with zero attached hydrogens (tertiary/aromatic N) is 3. The van der Waals surface area contributed by atoms with Crippen LogP contribution >= 0.6 is 0 Å². The van der Waals surface area contributed by atoms with Gasteiger partial charge in [0, 0.05) is 38.3 Å². The number of nitrogens with one attached hydrogen (secondary N) is 1. The zero-order valence-corrected chi connectivity index (χ0v) is 16.4. The Bertz CT molecular complexity index is 856. The topological polar surface area (TPSA) is 84.3 Å². The van der Waals surface area contributed by atoms with Crippen molar-refractivity contribution in [1.82, 2.24) is 19.4 Å². The number of carbonyl (C=O) groups excluding carboxylic acids is 1. The van der Waals surface area contributed by atoms with E-state index in [1.165, 1.54) is 4.31 Å². The van der Waals surface area contributed by atoms with Crippen LogP contribution in [0.25, 0.3) is 0 Å². The van der Waals surface area contributed by atoms with Gasteiger partial charge in [0.05, 0.1) is 10.6 Å². The Morgan fingerprint density at radius 1 is 1.19 bits per heavy atom. The van der Waals surface area contributed by atoms with Crippen LogP contribution in [0.15, 0.2) is 47.5 Å². The maximum absolute atomic E-state index is 12.6. The van der Waals surface area contributed by atoms with Crippen molar-refractivity contribution < 1.29 is 13.2 Å². The van der Waals surface area contributed by atoms with Crippen LogP contribution in [0.3, 0.4) is 0 Å². The maximum Gasteiger partial charge on any atom is 0.243 e. The number of hydrogen-bond acceptors (Lipinski definition) is 4. The van der Waals surface area contributed by atoms with Crippen molar-refractivity contribution in [3.05, 3.63) is 48.3 Å². The molecule has 1 saturated heterocycles. The summed E-state index contributed by atoms with van der Waals surface area (Å²) in [5.41, 5.74) is 0.983. The molecule has 0 radical (unpaired) electrons. The van der Waals surface area contributed by atoms with Gasteiger partial charge in [0.15, 0.2) is 0 Å². The van der Waals surface area contributed by atoms with Crippen molar-refractivity contribution in [1.29, 1.82) is 0 Å². The smallest absolute Gasteiger partial charge is 0.243 e. The molecule has 0 bridgehead atoms. The predicted octanol–water partition coefficient (Wildman–Crippen LogP) is 1.80. The average molecular weight is 391 g/mol. The molecule has 1 N–H and O–H groups in total. The molecule has 8 heteroatoms. The lowest BCUT2D eigenvalue weighted by molar-refractivity contribution is -0.126. The number of aromatic nitrogens is 2. The fourth-order valence-corrected chi connectivity index (χ4v) is 4.78. The third-order valence-electron chi connectivity index (χ3n) is 4.84. The Labute approximate surface area is 160 Å². The van der Waals surface area contributed by atoms with Crippen LogP contribution in [0.4, 0.5) is 0 Å². The van der Waals surface area contributed by atoms with Gasteiger partial charge in [-0.1, -0.05) is 18.2 Å². The lowest BCUT2D eigenvalue weighted by Gasteiger charge is -2.30. The third-order valence-corrected chi connectivity index (χ3v) is 6.76. The normalized spacial score (nSPS) is 16.3. The highest BCUT2D eigenvalue weighted by molar-refractivity contribution is 7.89. The molecule has 2 heterocycles. The SMILES string of the molecule is Cc1ccn(CCCNC(=O)C2CCN(S(=O)(=O)c3ccccc3)CC2)n1. The second-order valence-electron chi connectivity index (χ2n) is 6.86. The largest absolute Gasteiger partial charge is 0.356 e. The zero-order chi connectivity index (χ0) is 19.3. The van der Waals surface area contributed by atoms with Crippen LogP contribution in [0.1, 0.15) is 25.0 Å². The Balaban J connectivity index is 1.42. The van der Waals surface area contributed by atoms with Gasteiger partial charge in [-0.05, 0) is 44.4 Å². The summed E-state index contributed by atoms with van der Waals surface area (Å²) in [6.07, 6.45) is 3.85. The molecular weight excluding hydrogens is 364 g/mol. The van der Waals surface area contributed by atoms with E-state index < -0.39 is 10.0 Å². The number of piperidine rings is 1. The Morgan fingerprint density at radius 3 is 2.52 bits per heavy atom. The lowest BCUT2D eigenvalue weighted by Crippen LogP contribution is -2.43. The molecule has 7 nitrogen and oxygen atoms in total. The zero-order valence-electron chi connectivity index (χ0n) is 15.5. The molecule has 146 valence electrons. The van der Waals surface area contributed by atoms with E-state index in [-0.39, 0.29) is 11.8 Å². The van der Waals surface area contributed by atoms with Crippen molar-refractivity contribution >= 4 is 15.9 Å². The quantitative estimate of drug-likeness (QED) is 0.731. The molecule has 0 aliphatic carbocycles. The number of carbonyl (C=O) groups is 1. The van der Waals surface area contributed by atoms with E-state index in [4.69, 9.17) is 0 Å². The molecule has 1 aliphatic heterocycles. The first kappa shape index (κ1) is 19.6. The van der Waals surface area contributed by atoms with Gasteiger partial charge in [0.1, 0.15) is 0 Å². The first-order chi connectivity index (χ1) is 13.0. The maximum atomic E-state index is 12.6. The van der Waals surface area contributed by atoms with Crippen molar-refractivity contribution in [2.45, 2.75) is 37.6 Å². The fraction of sp³-hybridized carbons (Fsp3) is 0.474. The van der Waals surface area contributed by atoms with E-state index in [1.807, 2.05) is 23.9 Å². The summed E-state index contributed by atoms with van der Waals surface area (Å²) in [4.78, 5) is 12.6. The second-order valence-corrected chi connectivity index (χ2v) is 8.79. The summed E-state index contributed by atoms with van der Waals surface area (Å²) in [5.74, 6) is -0.109. The molecule has 27 heavy (non-hydrogen) atoms. The molecule has 1 aliphatic rings. The molecule has 1 aromatic heterocycles. The fourth-order valence-electron chi connectivity index (χ4n) is 3.28. The van der Waals surface area contributed by atoms with Gasteiger partial charge in [-0.25, -0.2) is 8.42 Å². The number of rotatable bonds is 7. The van der Waals surface area contributed by atoms with Crippen molar-refractivity contribution in [3.63, 3.8) is 0 Å². The van der Waals surface area contributed by atoms with Crippen LogP contribution in [0, 0.1) is 12.8 Å².